The highest BCUT2D eigenvalue weighted by Gasteiger charge is 2.27. The summed E-state index contributed by atoms with van der Waals surface area (Å²) in [5, 5.41) is 48.7. The van der Waals surface area contributed by atoms with E-state index in [1.54, 1.807) is 48.5 Å². The molecule has 0 aromatic heterocycles. The number of phenols is 2. The Hall–Kier alpha value is -8.25. The number of anilines is 2. The van der Waals surface area contributed by atoms with E-state index in [0.717, 1.165) is 32.8 Å². The number of rotatable bonds is 10. The Morgan fingerprint density at radius 3 is 1.95 bits per heavy atom. The molecule has 310 valence electrons. The Morgan fingerprint density at radius 1 is 0.609 bits per heavy atom. The summed E-state index contributed by atoms with van der Waals surface area (Å²) in [5.74, 6) is -0.928. The number of fused-ring (bicyclic) bond motifs is 6. The van der Waals surface area contributed by atoms with Gasteiger partial charge in [-0.2, -0.15) is 10.2 Å². The number of phenolic OH excluding ortho intramolecular Hbond substituents is 2. The van der Waals surface area contributed by atoms with Gasteiger partial charge in [0.15, 0.2) is 5.78 Å². The first-order valence-electron chi connectivity index (χ1n) is 20.3. The van der Waals surface area contributed by atoms with Gasteiger partial charge in [0.1, 0.15) is 29.5 Å². The van der Waals surface area contributed by atoms with Crippen molar-refractivity contribution in [2.24, 2.45) is 20.5 Å². The molecule has 9 aromatic rings. The molecule has 10 rings (SSSR count). The third-order valence-corrected chi connectivity index (χ3v) is 11.5. The molecule has 0 atom stereocenters. The Morgan fingerprint density at radius 2 is 1.25 bits per heavy atom. The van der Waals surface area contributed by atoms with Crippen LogP contribution >= 0.6 is 11.6 Å². The fourth-order valence-corrected chi connectivity index (χ4v) is 8.18. The number of ketones is 1. The number of para-hydroxylation sites is 1. The summed E-state index contributed by atoms with van der Waals surface area (Å²) < 4.78 is 0. The summed E-state index contributed by atoms with van der Waals surface area (Å²) in [6.07, 6.45) is 0. The van der Waals surface area contributed by atoms with Gasteiger partial charge < -0.3 is 15.5 Å². The van der Waals surface area contributed by atoms with Gasteiger partial charge >= 0.3 is 0 Å². The summed E-state index contributed by atoms with van der Waals surface area (Å²) in [6, 6.07) is 47.4. The topological polar surface area (TPSA) is 157 Å². The van der Waals surface area contributed by atoms with E-state index in [0.29, 0.717) is 66.3 Å². The van der Waals surface area contributed by atoms with Crippen molar-refractivity contribution in [1.82, 2.24) is 0 Å². The van der Waals surface area contributed by atoms with Crippen LogP contribution in [-0.4, -0.2) is 21.9 Å². The fourth-order valence-electron chi connectivity index (χ4n) is 8.01. The number of carbonyl (C=O) groups is 2. The SMILES string of the molecule is Cc1cccc(NC(=O)c2cc3cc4ccccc4c(N=Nc4ccc5c(c4)C(=O)c4cc(N=Nc6c(O)c(CONc7ccccc7Cl)cc7ccccc67)ccc4-5)c3cc2O)c1. The Kier molecular flexibility index (Phi) is 10.3. The zero-order valence-electron chi connectivity index (χ0n) is 34.0. The summed E-state index contributed by atoms with van der Waals surface area (Å²) in [5.41, 5.74) is 9.72. The number of benzene rings is 9. The molecule has 0 saturated carbocycles. The molecular formula is C52H35ClN6O5. The minimum Gasteiger partial charge on any atom is -0.507 e. The monoisotopic (exact) mass is 858 g/mol. The number of amides is 1. The maximum atomic E-state index is 14.0. The van der Waals surface area contributed by atoms with E-state index >= 15 is 0 Å². The van der Waals surface area contributed by atoms with Crippen molar-refractivity contribution < 1.29 is 24.6 Å². The van der Waals surface area contributed by atoms with Gasteiger partial charge in [0.05, 0.1) is 27.6 Å². The summed E-state index contributed by atoms with van der Waals surface area (Å²) >= 11 is 6.25. The van der Waals surface area contributed by atoms with E-state index in [4.69, 9.17) is 21.6 Å². The molecule has 0 saturated heterocycles. The lowest BCUT2D eigenvalue weighted by Gasteiger charge is -2.12. The molecule has 0 fully saturated rings. The first kappa shape index (κ1) is 39.9. The number of azo groups is 2. The smallest absolute Gasteiger partial charge is 0.259 e. The Balaban J connectivity index is 0.918. The molecule has 0 aliphatic heterocycles. The van der Waals surface area contributed by atoms with E-state index in [9.17, 15) is 19.8 Å². The first-order chi connectivity index (χ1) is 31.2. The van der Waals surface area contributed by atoms with Gasteiger partial charge in [0, 0.05) is 38.5 Å². The average Bonchev–Trinajstić information content (AvgIpc) is 3.57. The van der Waals surface area contributed by atoms with Crippen molar-refractivity contribution in [3.05, 3.63) is 191 Å². The standard InChI is InChI=1S/C52H35ClN6O5/c1-29-9-8-12-34(21-29)54-52(63)44-24-32-22-30-10-2-4-13-37(30)48(41(32)27-47(44)60)57-55-35-17-19-39-40-20-18-36(26-43(40)51(62)42(39)25-35)56-58-49-38-14-5-3-11-31(38)23-33(50(49)61)28-64-59-46-16-7-6-15-45(46)53/h2-27,59-61H,28H2,1H3,(H,54,63). The van der Waals surface area contributed by atoms with E-state index in [-0.39, 0.29) is 35.1 Å². The van der Waals surface area contributed by atoms with Gasteiger partial charge in [-0.3, -0.25) is 19.9 Å². The number of nitrogens with zero attached hydrogens (tertiary/aromatic N) is 4. The zero-order chi connectivity index (χ0) is 43.9. The normalized spacial score (nSPS) is 12.1. The predicted molar refractivity (Wildman–Crippen MR) is 251 cm³/mol. The van der Waals surface area contributed by atoms with Crippen LogP contribution in [0.1, 0.15) is 37.4 Å². The molecule has 1 aliphatic carbocycles. The average molecular weight is 859 g/mol. The number of aromatic hydroxyl groups is 2. The zero-order valence-corrected chi connectivity index (χ0v) is 34.8. The van der Waals surface area contributed by atoms with E-state index in [1.165, 1.54) is 6.07 Å². The fraction of sp³-hybridized carbons (Fsp3) is 0.0385. The second-order valence-electron chi connectivity index (χ2n) is 15.4. The minimum absolute atomic E-state index is 0.00990. The van der Waals surface area contributed by atoms with Gasteiger partial charge in [-0.15, -0.1) is 10.2 Å². The van der Waals surface area contributed by atoms with Crippen molar-refractivity contribution in [1.29, 1.82) is 0 Å². The molecule has 0 radical (unpaired) electrons. The minimum atomic E-state index is -0.441. The van der Waals surface area contributed by atoms with Crippen molar-refractivity contribution >= 4 is 89.7 Å². The van der Waals surface area contributed by atoms with Crippen molar-refractivity contribution in [2.45, 2.75) is 13.5 Å². The molecule has 4 N–H and O–H groups in total. The third kappa shape index (κ3) is 7.55. The summed E-state index contributed by atoms with van der Waals surface area (Å²) in [4.78, 5) is 33.0. The molecular weight excluding hydrogens is 824 g/mol. The molecule has 9 aromatic carbocycles. The van der Waals surface area contributed by atoms with Crippen LogP contribution in [0, 0.1) is 6.92 Å². The highest BCUT2D eigenvalue weighted by atomic mass is 35.5. The van der Waals surface area contributed by atoms with Crippen LogP contribution in [0.25, 0.3) is 43.4 Å². The van der Waals surface area contributed by atoms with Crippen molar-refractivity contribution in [3.8, 4) is 22.6 Å². The second-order valence-corrected chi connectivity index (χ2v) is 15.8. The highest BCUT2D eigenvalue weighted by Crippen LogP contribution is 2.44. The van der Waals surface area contributed by atoms with Crippen molar-refractivity contribution in [3.63, 3.8) is 0 Å². The van der Waals surface area contributed by atoms with E-state index < -0.39 is 5.91 Å². The summed E-state index contributed by atoms with van der Waals surface area (Å²) in [6.45, 7) is 1.95. The van der Waals surface area contributed by atoms with Crippen LogP contribution < -0.4 is 10.8 Å². The number of hydrogen-bond acceptors (Lipinski definition) is 10. The number of halogens is 1. The molecule has 0 heterocycles. The van der Waals surface area contributed by atoms with Crippen LogP contribution in [-0.2, 0) is 11.4 Å². The molecule has 11 nitrogen and oxygen atoms in total. The molecule has 12 heteroatoms. The van der Waals surface area contributed by atoms with Crippen molar-refractivity contribution in [2.75, 3.05) is 10.8 Å². The Bertz CT molecular complexity index is 3460. The summed E-state index contributed by atoms with van der Waals surface area (Å²) in [7, 11) is 0. The van der Waals surface area contributed by atoms with Crippen LogP contribution in [0.5, 0.6) is 11.5 Å². The third-order valence-electron chi connectivity index (χ3n) is 11.1. The number of carbonyl (C=O) groups excluding carboxylic acids is 2. The molecule has 1 aliphatic rings. The second kappa shape index (κ2) is 16.6. The lowest BCUT2D eigenvalue weighted by molar-refractivity contribution is 0.102. The van der Waals surface area contributed by atoms with Crippen LogP contribution in [0.2, 0.25) is 5.02 Å². The van der Waals surface area contributed by atoms with Gasteiger partial charge in [-0.25, -0.2) is 0 Å². The Labute approximate surface area is 370 Å². The number of nitrogens with one attached hydrogen (secondary N) is 2. The molecule has 64 heavy (non-hydrogen) atoms. The van der Waals surface area contributed by atoms with Crippen LogP contribution in [0.15, 0.2) is 178 Å². The first-order valence-corrected chi connectivity index (χ1v) is 20.7. The molecule has 0 spiro atoms. The number of hydrogen-bond donors (Lipinski definition) is 4. The molecule has 1 amide bonds. The maximum Gasteiger partial charge on any atom is 0.259 e. The highest BCUT2D eigenvalue weighted by molar-refractivity contribution is 6.33. The predicted octanol–water partition coefficient (Wildman–Crippen LogP) is 14.4. The molecule has 0 bridgehead atoms. The largest absolute Gasteiger partial charge is 0.507 e. The quantitative estimate of drug-likeness (QED) is 0.0609. The number of aryl methyl sites for hydroxylation is 1. The van der Waals surface area contributed by atoms with Crippen LogP contribution in [0.4, 0.5) is 34.1 Å². The van der Waals surface area contributed by atoms with Gasteiger partial charge in [0.2, 0.25) is 0 Å². The molecule has 0 unspecified atom stereocenters. The van der Waals surface area contributed by atoms with Crippen LogP contribution in [0.3, 0.4) is 0 Å². The van der Waals surface area contributed by atoms with Gasteiger partial charge in [0.25, 0.3) is 5.91 Å². The van der Waals surface area contributed by atoms with E-state index in [2.05, 4.69) is 26.1 Å². The van der Waals surface area contributed by atoms with Gasteiger partial charge in [-0.05, 0) is 113 Å². The lowest BCUT2D eigenvalue weighted by Crippen LogP contribution is -2.12. The van der Waals surface area contributed by atoms with Gasteiger partial charge in [-0.1, -0.05) is 96.5 Å². The maximum absolute atomic E-state index is 14.0. The lowest BCUT2D eigenvalue weighted by atomic mass is 9.98. The van der Waals surface area contributed by atoms with E-state index in [1.807, 2.05) is 110 Å².